The Kier molecular flexibility index (Phi) is 52.9. The number of ether oxygens (including phenoxy) is 3. The molecule has 68 heavy (non-hydrogen) atoms. The minimum absolute atomic E-state index is 0.0821. The van der Waals surface area contributed by atoms with Crippen LogP contribution in [0.3, 0.4) is 0 Å². The molecule has 0 amide bonds. The zero-order chi connectivity index (χ0) is 49.3. The lowest BCUT2D eigenvalue weighted by molar-refractivity contribution is -0.167. The monoisotopic (exact) mass is 945 g/mol. The van der Waals surface area contributed by atoms with Crippen LogP contribution in [0.4, 0.5) is 0 Å². The SMILES string of the molecule is CC/C=C\C/C=C\C/C=C\C/C=C\CCCCCCCCCCCCC(=O)OCC(COC(=O)CCCCCCCC)OC(=O)CCCCCCCCCC/C=C\C/C=C\C/C=C\C/C=C\CC. The molecule has 0 aromatic rings. The Balaban J connectivity index is 4.18. The predicted octanol–water partition coefficient (Wildman–Crippen LogP) is 18.9. The van der Waals surface area contributed by atoms with Crippen LogP contribution in [0.2, 0.25) is 0 Å². The molecule has 0 rings (SSSR count). The van der Waals surface area contributed by atoms with Crippen molar-refractivity contribution >= 4 is 17.9 Å². The maximum atomic E-state index is 12.8. The summed E-state index contributed by atoms with van der Waals surface area (Å²) in [6.07, 6.45) is 74.2. The van der Waals surface area contributed by atoms with Gasteiger partial charge >= 0.3 is 17.9 Å². The van der Waals surface area contributed by atoms with Gasteiger partial charge in [0.2, 0.25) is 0 Å². The largest absolute Gasteiger partial charge is 0.462 e. The van der Waals surface area contributed by atoms with Crippen molar-refractivity contribution < 1.29 is 28.6 Å². The summed E-state index contributed by atoms with van der Waals surface area (Å²) in [7, 11) is 0. The van der Waals surface area contributed by atoms with Crippen molar-refractivity contribution in [2.45, 2.75) is 264 Å². The summed E-state index contributed by atoms with van der Waals surface area (Å²) < 4.78 is 16.8. The molecular formula is C62H104O6. The van der Waals surface area contributed by atoms with E-state index in [1.807, 2.05) is 0 Å². The van der Waals surface area contributed by atoms with Gasteiger partial charge in [0, 0.05) is 19.3 Å². The molecule has 0 aliphatic heterocycles. The maximum absolute atomic E-state index is 12.8. The first-order valence-electron chi connectivity index (χ1n) is 28.2. The highest BCUT2D eigenvalue weighted by molar-refractivity contribution is 5.71. The van der Waals surface area contributed by atoms with Crippen molar-refractivity contribution in [3.8, 4) is 0 Å². The third-order valence-electron chi connectivity index (χ3n) is 11.8. The second-order valence-electron chi connectivity index (χ2n) is 18.4. The third kappa shape index (κ3) is 53.3. The molecule has 0 aromatic heterocycles. The van der Waals surface area contributed by atoms with Crippen molar-refractivity contribution in [1.82, 2.24) is 0 Å². The Morgan fingerprint density at radius 1 is 0.309 bits per heavy atom. The third-order valence-corrected chi connectivity index (χ3v) is 11.8. The second-order valence-corrected chi connectivity index (χ2v) is 18.4. The lowest BCUT2D eigenvalue weighted by atomic mass is 10.1. The van der Waals surface area contributed by atoms with Crippen LogP contribution in [0.1, 0.15) is 258 Å². The molecule has 0 saturated carbocycles. The summed E-state index contributed by atoms with van der Waals surface area (Å²) in [6, 6.07) is 0. The Hall–Kier alpha value is -3.67. The van der Waals surface area contributed by atoms with E-state index in [1.165, 1.54) is 103 Å². The minimum atomic E-state index is -0.781. The first kappa shape index (κ1) is 64.3. The van der Waals surface area contributed by atoms with E-state index in [1.54, 1.807) is 0 Å². The van der Waals surface area contributed by atoms with Crippen molar-refractivity contribution in [3.63, 3.8) is 0 Å². The van der Waals surface area contributed by atoms with Crippen LogP contribution < -0.4 is 0 Å². The molecule has 0 N–H and O–H groups in total. The van der Waals surface area contributed by atoms with Gasteiger partial charge in [-0.15, -0.1) is 0 Å². The molecular weight excluding hydrogens is 841 g/mol. The van der Waals surface area contributed by atoms with E-state index in [2.05, 4.69) is 118 Å². The van der Waals surface area contributed by atoms with Gasteiger partial charge in [0.25, 0.3) is 0 Å². The average Bonchev–Trinajstić information content (AvgIpc) is 3.34. The number of esters is 3. The molecule has 6 heteroatoms. The van der Waals surface area contributed by atoms with Gasteiger partial charge in [-0.3, -0.25) is 14.4 Å². The standard InChI is InChI=1S/C62H104O6/c1-4-7-10-13-16-18-20-22-24-26-28-30-31-33-34-36-38-40-42-44-46-49-52-55-61(64)67-58-59(57-66-60(63)54-51-48-15-12-9-6-3)68-62(65)56-53-50-47-45-43-41-39-37-35-32-29-27-25-23-21-19-17-14-11-8-5-2/h7-8,10-11,16-19,22-25,28-30,32,59H,4-6,9,12-15,20-21,26-27,31,33-58H2,1-3H3/b10-7-,11-8-,18-16-,19-17-,24-22-,25-23-,30-28-,32-29-. The number of carbonyl (C=O) groups is 3. The van der Waals surface area contributed by atoms with E-state index in [0.29, 0.717) is 19.3 Å². The first-order chi connectivity index (χ1) is 33.5. The second kappa shape index (κ2) is 55.9. The van der Waals surface area contributed by atoms with Gasteiger partial charge in [0.15, 0.2) is 6.10 Å². The highest BCUT2D eigenvalue weighted by Crippen LogP contribution is 2.15. The van der Waals surface area contributed by atoms with E-state index in [-0.39, 0.29) is 31.1 Å². The van der Waals surface area contributed by atoms with Crippen LogP contribution >= 0.6 is 0 Å². The van der Waals surface area contributed by atoms with Crippen molar-refractivity contribution in [3.05, 3.63) is 97.2 Å². The van der Waals surface area contributed by atoms with E-state index >= 15 is 0 Å². The van der Waals surface area contributed by atoms with Crippen LogP contribution in [0.25, 0.3) is 0 Å². The Morgan fingerprint density at radius 2 is 0.574 bits per heavy atom. The van der Waals surface area contributed by atoms with Crippen molar-refractivity contribution in [2.24, 2.45) is 0 Å². The van der Waals surface area contributed by atoms with Crippen LogP contribution in [0.5, 0.6) is 0 Å². The van der Waals surface area contributed by atoms with Gasteiger partial charge in [-0.1, -0.05) is 240 Å². The van der Waals surface area contributed by atoms with Crippen LogP contribution in [0.15, 0.2) is 97.2 Å². The summed E-state index contributed by atoms with van der Waals surface area (Å²) >= 11 is 0. The minimum Gasteiger partial charge on any atom is -0.462 e. The number of rotatable bonds is 50. The lowest BCUT2D eigenvalue weighted by Crippen LogP contribution is -2.30. The van der Waals surface area contributed by atoms with E-state index in [4.69, 9.17) is 14.2 Å². The van der Waals surface area contributed by atoms with Crippen LogP contribution in [0, 0.1) is 0 Å². The molecule has 0 aliphatic rings. The molecule has 0 aromatic carbocycles. The first-order valence-corrected chi connectivity index (χ1v) is 28.2. The molecule has 0 bridgehead atoms. The quantitative estimate of drug-likeness (QED) is 0.0262. The maximum Gasteiger partial charge on any atom is 0.306 e. The van der Waals surface area contributed by atoms with E-state index < -0.39 is 6.10 Å². The molecule has 388 valence electrons. The highest BCUT2D eigenvalue weighted by atomic mass is 16.6. The topological polar surface area (TPSA) is 78.9 Å². The Labute approximate surface area is 419 Å². The van der Waals surface area contributed by atoms with Gasteiger partial charge in [-0.2, -0.15) is 0 Å². The van der Waals surface area contributed by atoms with Crippen molar-refractivity contribution in [2.75, 3.05) is 13.2 Å². The van der Waals surface area contributed by atoms with Gasteiger partial charge in [0.05, 0.1) is 0 Å². The van der Waals surface area contributed by atoms with Crippen molar-refractivity contribution in [1.29, 1.82) is 0 Å². The van der Waals surface area contributed by atoms with Gasteiger partial charge < -0.3 is 14.2 Å². The average molecular weight is 946 g/mol. The summed E-state index contributed by atoms with van der Waals surface area (Å²) in [5.41, 5.74) is 0. The molecule has 0 radical (unpaired) electrons. The zero-order valence-electron chi connectivity index (χ0n) is 44.3. The molecule has 0 fully saturated rings. The molecule has 1 atom stereocenters. The normalized spacial score (nSPS) is 12.8. The predicted molar refractivity (Wildman–Crippen MR) is 293 cm³/mol. The molecule has 0 aliphatic carbocycles. The number of hydrogen-bond acceptors (Lipinski definition) is 6. The number of carbonyl (C=O) groups excluding carboxylic acids is 3. The summed E-state index contributed by atoms with van der Waals surface area (Å²) in [6.45, 7) is 6.35. The number of hydrogen-bond donors (Lipinski definition) is 0. The fourth-order valence-electron chi connectivity index (χ4n) is 7.66. The van der Waals surface area contributed by atoms with Gasteiger partial charge in [-0.25, -0.2) is 0 Å². The number of allylic oxidation sites excluding steroid dienone is 16. The fourth-order valence-corrected chi connectivity index (χ4v) is 7.66. The summed E-state index contributed by atoms with van der Waals surface area (Å²) in [4.78, 5) is 37.9. The van der Waals surface area contributed by atoms with Gasteiger partial charge in [0.1, 0.15) is 13.2 Å². The van der Waals surface area contributed by atoms with E-state index in [9.17, 15) is 14.4 Å². The summed E-state index contributed by atoms with van der Waals surface area (Å²) in [5.74, 6) is -0.902. The summed E-state index contributed by atoms with van der Waals surface area (Å²) in [5, 5.41) is 0. The van der Waals surface area contributed by atoms with Crippen LogP contribution in [-0.2, 0) is 28.6 Å². The molecule has 0 heterocycles. The Morgan fingerprint density at radius 3 is 0.897 bits per heavy atom. The van der Waals surface area contributed by atoms with E-state index in [0.717, 1.165) is 116 Å². The smallest absolute Gasteiger partial charge is 0.306 e. The molecule has 0 saturated heterocycles. The molecule has 1 unspecified atom stereocenters. The number of unbranched alkanes of at least 4 members (excludes halogenated alkanes) is 23. The Bertz CT molecular complexity index is 1360. The lowest BCUT2D eigenvalue weighted by Gasteiger charge is -2.18. The van der Waals surface area contributed by atoms with Gasteiger partial charge in [-0.05, 0) is 96.3 Å². The zero-order valence-corrected chi connectivity index (χ0v) is 44.3. The van der Waals surface area contributed by atoms with Crippen LogP contribution in [-0.4, -0.2) is 37.2 Å². The fraction of sp³-hybridized carbons (Fsp3) is 0.694. The molecule has 6 nitrogen and oxygen atoms in total. The highest BCUT2D eigenvalue weighted by Gasteiger charge is 2.19. The molecule has 0 spiro atoms.